The van der Waals surface area contributed by atoms with Crippen LogP contribution < -0.4 is 5.32 Å². The predicted octanol–water partition coefficient (Wildman–Crippen LogP) is 0.793. The number of amides is 2. The van der Waals surface area contributed by atoms with E-state index in [2.05, 4.69) is 5.32 Å². The van der Waals surface area contributed by atoms with Gasteiger partial charge in [0.25, 0.3) is 5.91 Å². The summed E-state index contributed by atoms with van der Waals surface area (Å²) in [4.78, 5) is 25.7. The molecule has 0 aromatic heterocycles. The van der Waals surface area contributed by atoms with E-state index in [-0.39, 0.29) is 11.8 Å². The fraction of sp³-hybridized carbons (Fsp3) is 0.429. The molecule has 2 amide bonds. The second-order valence-electron chi connectivity index (χ2n) is 4.55. The van der Waals surface area contributed by atoms with E-state index in [1.807, 2.05) is 18.2 Å². The molecule has 19 heavy (non-hydrogen) atoms. The zero-order valence-electron chi connectivity index (χ0n) is 11.2. The van der Waals surface area contributed by atoms with Crippen molar-refractivity contribution in [3.8, 4) is 0 Å². The summed E-state index contributed by atoms with van der Waals surface area (Å²) in [5, 5.41) is 2.75. The van der Waals surface area contributed by atoms with E-state index in [1.165, 1.54) is 0 Å². The highest BCUT2D eigenvalue weighted by Gasteiger charge is 2.33. The second-order valence-corrected chi connectivity index (χ2v) is 4.55. The maximum atomic E-state index is 12.2. The summed E-state index contributed by atoms with van der Waals surface area (Å²) < 4.78 is 4.87. The van der Waals surface area contributed by atoms with Crippen LogP contribution in [0.25, 0.3) is 0 Å². The molecule has 0 fully saturated rings. The molecule has 1 aromatic rings. The lowest BCUT2D eigenvalue weighted by Gasteiger charge is -2.23. The van der Waals surface area contributed by atoms with E-state index in [0.29, 0.717) is 25.3 Å². The first-order valence-corrected chi connectivity index (χ1v) is 6.30. The third kappa shape index (κ3) is 2.76. The molecule has 2 rings (SSSR count). The molecule has 1 heterocycles. The fourth-order valence-electron chi connectivity index (χ4n) is 2.16. The molecule has 1 N–H and O–H groups in total. The van der Waals surface area contributed by atoms with Gasteiger partial charge in [-0.2, -0.15) is 0 Å². The molecule has 0 aliphatic carbocycles. The largest absolute Gasteiger partial charge is 0.383 e. The van der Waals surface area contributed by atoms with Gasteiger partial charge < -0.3 is 15.0 Å². The number of hydrogen-bond donors (Lipinski definition) is 1. The maximum Gasteiger partial charge on any atom is 0.255 e. The van der Waals surface area contributed by atoms with E-state index in [0.717, 1.165) is 5.56 Å². The molecule has 0 saturated heterocycles. The fourth-order valence-corrected chi connectivity index (χ4v) is 2.16. The van der Waals surface area contributed by atoms with Gasteiger partial charge >= 0.3 is 0 Å². The quantitative estimate of drug-likeness (QED) is 0.798. The van der Waals surface area contributed by atoms with Crippen molar-refractivity contribution in [2.75, 3.05) is 20.3 Å². The summed E-state index contributed by atoms with van der Waals surface area (Å²) >= 11 is 0. The van der Waals surface area contributed by atoms with Gasteiger partial charge in [0.2, 0.25) is 5.91 Å². The lowest BCUT2D eigenvalue weighted by atomic mass is 10.1. The van der Waals surface area contributed by atoms with Gasteiger partial charge in [0.15, 0.2) is 0 Å². The molecule has 102 valence electrons. The first-order valence-electron chi connectivity index (χ1n) is 6.30. The van der Waals surface area contributed by atoms with Crippen molar-refractivity contribution >= 4 is 11.8 Å². The van der Waals surface area contributed by atoms with Crippen molar-refractivity contribution in [2.45, 2.75) is 19.5 Å². The molecule has 5 heteroatoms. The van der Waals surface area contributed by atoms with Gasteiger partial charge in [0.05, 0.1) is 6.61 Å². The van der Waals surface area contributed by atoms with E-state index in [4.69, 9.17) is 4.74 Å². The van der Waals surface area contributed by atoms with Gasteiger partial charge in [0.1, 0.15) is 6.04 Å². The number of fused-ring (bicyclic) bond motifs is 1. The molecular weight excluding hydrogens is 244 g/mol. The lowest BCUT2D eigenvalue weighted by molar-refractivity contribution is -0.125. The Bertz CT molecular complexity index is 487. The second kappa shape index (κ2) is 5.84. The monoisotopic (exact) mass is 262 g/mol. The summed E-state index contributed by atoms with van der Waals surface area (Å²) in [6.45, 7) is 3.15. The maximum absolute atomic E-state index is 12.2. The molecule has 0 radical (unpaired) electrons. The molecule has 1 atom stereocenters. The summed E-state index contributed by atoms with van der Waals surface area (Å²) in [5.41, 5.74) is 1.67. The van der Waals surface area contributed by atoms with Crippen LogP contribution in [0.3, 0.4) is 0 Å². The van der Waals surface area contributed by atoms with E-state index >= 15 is 0 Å². The van der Waals surface area contributed by atoms with Gasteiger partial charge in [-0.1, -0.05) is 18.2 Å². The summed E-state index contributed by atoms with van der Waals surface area (Å²) in [6, 6.07) is 6.98. The number of methoxy groups -OCH3 is 1. The molecule has 1 aliphatic heterocycles. The Labute approximate surface area is 112 Å². The van der Waals surface area contributed by atoms with Gasteiger partial charge in [-0.05, 0) is 18.6 Å². The van der Waals surface area contributed by atoms with Crippen molar-refractivity contribution in [3.63, 3.8) is 0 Å². The zero-order valence-corrected chi connectivity index (χ0v) is 11.2. The van der Waals surface area contributed by atoms with Gasteiger partial charge in [0, 0.05) is 25.8 Å². The van der Waals surface area contributed by atoms with Crippen LogP contribution in [0.2, 0.25) is 0 Å². The van der Waals surface area contributed by atoms with Gasteiger partial charge in [-0.25, -0.2) is 0 Å². The Hall–Kier alpha value is -1.88. The standard InChI is InChI=1S/C14H18N2O3/c1-10(13(17)15-7-8-19-2)16-9-11-5-3-4-6-12(11)14(16)18/h3-6,10H,7-9H2,1-2H3,(H,15,17)/t10-/m1/s1. The average molecular weight is 262 g/mol. The first kappa shape index (κ1) is 13.5. The molecular formula is C14H18N2O3. The Balaban J connectivity index is 2.00. The highest BCUT2D eigenvalue weighted by atomic mass is 16.5. The topological polar surface area (TPSA) is 58.6 Å². The Morgan fingerprint density at radius 1 is 1.47 bits per heavy atom. The minimum Gasteiger partial charge on any atom is -0.383 e. The van der Waals surface area contributed by atoms with Crippen LogP contribution in [0.5, 0.6) is 0 Å². The average Bonchev–Trinajstić information content (AvgIpc) is 2.76. The molecule has 0 saturated carbocycles. The number of nitrogens with one attached hydrogen (secondary N) is 1. The summed E-state index contributed by atoms with van der Waals surface area (Å²) in [6.07, 6.45) is 0. The molecule has 1 aromatic carbocycles. The third-order valence-corrected chi connectivity index (χ3v) is 3.30. The number of hydrogen-bond acceptors (Lipinski definition) is 3. The van der Waals surface area contributed by atoms with Crippen LogP contribution in [-0.4, -0.2) is 43.0 Å². The van der Waals surface area contributed by atoms with Crippen molar-refractivity contribution in [3.05, 3.63) is 35.4 Å². The highest BCUT2D eigenvalue weighted by molar-refractivity contribution is 6.00. The molecule has 0 bridgehead atoms. The van der Waals surface area contributed by atoms with Crippen LogP contribution in [0.15, 0.2) is 24.3 Å². The van der Waals surface area contributed by atoms with E-state index in [1.54, 1.807) is 25.0 Å². The normalized spacial score (nSPS) is 15.3. The molecule has 1 aliphatic rings. The smallest absolute Gasteiger partial charge is 0.255 e. The Kier molecular flexibility index (Phi) is 4.16. The van der Waals surface area contributed by atoms with E-state index < -0.39 is 6.04 Å². The van der Waals surface area contributed by atoms with Crippen molar-refractivity contribution in [1.82, 2.24) is 10.2 Å². The minimum absolute atomic E-state index is 0.0787. The minimum atomic E-state index is -0.475. The predicted molar refractivity (Wildman–Crippen MR) is 70.7 cm³/mol. The van der Waals surface area contributed by atoms with Crippen LogP contribution in [0.4, 0.5) is 0 Å². The molecule has 0 spiro atoms. The first-order chi connectivity index (χ1) is 9.15. The highest BCUT2D eigenvalue weighted by Crippen LogP contribution is 2.24. The Morgan fingerprint density at radius 2 is 2.21 bits per heavy atom. The van der Waals surface area contributed by atoms with E-state index in [9.17, 15) is 9.59 Å². The van der Waals surface area contributed by atoms with Gasteiger partial charge in [-0.3, -0.25) is 9.59 Å². The van der Waals surface area contributed by atoms with Gasteiger partial charge in [-0.15, -0.1) is 0 Å². The third-order valence-electron chi connectivity index (χ3n) is 3.30. The summed E-state index contributed by atoms with van der Waals surface area (Å²) in [5.74, 6) is -0.233. The van der Waals surface area contributed by atoms with Crippen molar-refractivity contribution < 1.29 is 14.3 Å². The Morgan fingerprint density at radius 3 is 2.89 bits per heavy atom. The van der Waals surface area contributed by atoms with Crippen LogP contribution in [-0.2, 0) is 16.1 Å². The zero-order chi connectivity index (χ0) is 13.8. The number of carbonyl (C=O) groups excluding carboxylic acids is 2. The number of benzene rings is 1. The number of ether oxygens (including phenoxy) is 1. The number of rotatable bonds is 5. The SMILES string of the molecule is COCCNC(=O)[C@@H](C)N1Cc2ccccc2C1=O. The number of nitrogens with zero attached hydrogens (tertiary/aromatic N) is 1. The summed E-state index contributed by atoms with van der Waals surface area (Å²) in [7, 11) is 1.58. The lowest BCUT2D eigenvalue weighted by Crippen LogP contribution is -2.45. The van der Waals surface area contributed by atoms with Crippen LogP contribution in [0, 0.1) is 0 Å². The van der Waals surface area contributed by atoms with Crippen molar-refractivity contribution in [1.29, 1.82) is 0 Å². The number of carbonyl (C=O) groups is 2. The molecule has 5 nitrogen and oxygen atoms in total. The van der Waals surface area contributed by atoms with Crippen LogP contribution in [0.1, 0.15) is 22.8 Å². The van der Waals surface area contributed by atoms with Crippen molar-refractivity contribution in [2.24, 2.45) is 0 Å². The molecule has 0 unspecified atom stereocenters. The van der Waals surface area contributed by atoms with Crippen LogP contribution >= 0.6 is 0 Å².